The molecule has 2 N–H and O–H groups in total. The Morgan fingerprint density at radius 1 is 1.35 bits per heavy atom. The molecule has 2 aromatic heterocycles. The van der Waals surface area contributed by atoms with E-state index in [1.54, 1.807) is 0 Å². The average molecular weight is 396 g/mol. The van der Waals surface area contributed by atoms with Crippen LogP contribution in [-0.2, 0) is 0 Å². The topological polar surface area (TPSA) is 74.2 Å². The van der Waals surface area contributed by atoms with E-state index < -0.39 is 11.9 Å². The Morgan fingerprint density at radius 3 is 3.00 bits per heavy atom. The van der Waals surface area contributed by atoms with Crippen LogP contribution in [0.2, 0.25) is 5.15 Å². The Balaban J connectivity index is 1.80. The SMILES string of the molecule is CCSc1nc2c3c(nc(Cl)c(F)c3n1)[C@H](O)C[C@@H]1[C@@H]3CC[C@H](CN21)N3. The molecule has 26 heavy (non-hydrogen) atoms. The van der Waals surface area contributed by atoms with Gasteiger partial charge in [0.05, 0.1) is 17.2 Å². The predicted molar refractivity (Wildman–Crippen MR) is 99.4 cm³/mol. The number of aromatic nitrogens is 3. The van der Waals surface area contributed by atoms with E-state index >= 15 is 0 Å². The van der Waals surface area contributed by atoms with Crippen LogP contribution in [0.3, 0.4) is 0 Å². The third kappa shape index (κ3) is 2.42. The summed E-state index contributed by atoms with van der Waals surface area (Å²) in [7, 11) is 0. The van der Waals surface area contributed by atoms with Gasteiger partial charge in [0.25, 0.3) is 0 Å². The number of halogens is 2. The maximum Gasteiger partial charge on any atom is 0.190 e. The minimum atomic E-state index is -0.823. The molecule has 5 rings (SSSR count). The van der Waals surface area contributed by atoms with Crippen molar-refractivity contribution in [3.8, 4) is 0 Å². The molecular weight excluding hydrogens is 377 g/mol. The second-order valence-electron chi connectivity index (χ2n) is 7.11. The molecule has 0 aromatic carbocycles. The highest BCUT2D eigenvalue weighted by atomic mass is 35.5. The molecule has 2 aromatic rings. The molecule has 6 nitrogen and oxygen atoms in total. The number of piperazine rings is 1. The Bertz CT molecular complexity index is 899. The normalized spacial score (nSPS) is 29.8. The third-order valence-corrected chi connectivity index (χ3v) is 6.60. The number of thioether (sulfide) groups is 1. The molecular formula is C17H19ClFN5OS. The van der Waals surface area contributed by atoms with E-state index in [2.05, 4.69) is 20.2 Å². The first-order chi connectivity index (χ1) is 12.6. The van der Waals surface area contributed by atoms with Gasteiger partial charge >= 0.3 is 0 Å². The molecule has 2 fully saturated rings. The Hall–Kier alpha value is -1.22. The summed E-state index contributed by atoms with van der Waals surface area (Å²) in [6.07, 6.45) is 1.87. The van der Waals surface area contributed by atoms with Crippen LogP contribution < -0.4 is 10.2 Å². The minimum absolute atomic E-state index is 0.0948. The molecule has 2 bridgehead atoms. The number of nitrogens with one attached hydrogen (secondary N) is 1. The average Bonchev–Trinajstić information content (AvgIpc) is 2.97. The van der Waals surface area contributed by atoms with Gasteiger partial charge in [-0.15, -0.1) is 0 Å². The first kappa shape index (κ1) is 16.9. The van der Waals surface area contributed by atoms with Crippen molar-refractivity contribution in [2.45, 2.75) is 55.6 Å². The van der Waals surface area contributed by atoms with Crippen LogP contribution in [0.25, 0.3) is 10.9 Å². The molecule has 0 spiro atoms. The molecule has 0 unspecified atom stereocenters. The van der Waals surface area contributed by atoms with Crippen molar-refractivity contribution in [1.29, 1.82) is 0 Å². The lowest BCUT2D eigenvalue weighted by atomic mass is 9.98. The predicted octanol–water partition coefficient (Wildman–Crippen LogP) is 2.68. The summed E-state index contributed by atoms with van der Waals surface area (Å²) in [5.41, 5.74) is 0.547. The van der Waals surface area contributed by atoms with Gasteiger partial charge in [-0.05, 0) is 18.6 Å². The van der Waals surface area contributed by atoms with Gasteiger partial charge in [0, 0.05) is 31.1 Å². The van der Waals surface area contributed by atoms with Crippen LogP contribution in [0.4, 0.5) is 10.2 Å². The van der Waals surface area contributed by atoms with Crippen molar-refractivity contribution in [1.82, 2.24) is 20.3 Å². The van der Waals surface area contributed by atoms with Gasteiger partial charge in [0.15, 0.2) is 16.1 Å². The maximum absolute atomic E-state index is 14.8. The number of hydrogen-bond donors (Lipinski definition) is 2. The number of anilines is 1. The summed E-state index contributed by atoms with van der Waals surface area (Å²) in [6.45, 7) is 2.80. The smallest absolute Gasteiger partial charge is 0.190 e. The number of rotatable bonds is 2. The number of aliphatic hydroxyl groups is 1. The Morgan fingerprint density at radius 2 is 2.19 bits per heavy atom. The molecule has 0 amide bonds. The van der Waals surface area contributed by atoms with E-state index in [1.165, 1.54) is 11.8 Å². The van der Waals surface area contributed by atoms with E-state index in [4.69, 9.17) is 16.6 Å². The quantitative estimate of drug-likeness (QED) is 0.460. The first-order valence-electron chi connectivity index (χ1n) is 8.97. The lowest BCUT2D eigenvalue weighted by Crippen LogP contribution is -2.58. The molecule has 3 aliphatic rings. The van der Waals surface area contributed by atoms with Crippen molar-refractivity contribution >= 4 is 40.1 Å². The molecule has 4 atom stereocenters. The fourth-order valence-corrected chi connectivity index (χ4v) is 5.28. The molecule has 5 heterocycles. The van der Waals surface area contributed by atoms with Crippen molar-refractivity contribution in [3.05, 3.63) is 16.7 Å². The van der Waals surface area contributed by atoms with Gasteiger partial charge in [-0.1, -0.05) is 30.3 Å². The van der Waals surface area contributed by atoms with Gasteiger partial charge in [-0.2, -0.15) is 0 Å². The van der Waals surface area contributed by atoms with Crippen molar-refractivity contribution in [2.24, 2.45) is 0 Å². The van der Waals surface area contributed by atoms with Gasteiger partial charge in [-0.3, -0.25) is 0 Å². The van der Waals surface area contributed by atoms with E-state index in [-0.39, 0.29) is 16.7 Å². The summed E-state index contributed by atoms with van der Waals surface area (Å²) in [4.78, 5) is 15.6. The zero-order chi connectivity index (χ0) is 18.0. The van der Waals surface area contributed by atoms with Crippen LogP contribution in [0, 0.1) is 5.82 Å². The number of pyridine rings is 1. The summed E-state index contributed by atoms with van der Waals surface area (Å²) in [6, 6.07) is 0.787. The highest BCUT2D eigenvalue weighted by Crippen LogP contribution is 2.43. The fraction of sp³-hybridized carbons (Fsp3) is 0.588. The molecule has 9 heteroatoms. The number of nitrogens with zero attached hydrogens (tertiary/aromatic N) is 4. The lowest BCUT2D eigenvalue weighted by Gasteiger charge is -2.41. The Kier molecular flexibility index (Phi) is 4.00. The van der Waals surface area contributed by atoms with Gasteiger partial charge in [0.2, 0.25) is 0 Å². The zero-order valence-electron chi connectivity index (χ0n) is 14.2. The van der Waals surface area contributed by atoms with Crippen LogP contribution >= 0.6 is 23.4 Å². The van der Waals surface area contributed by atoms with Crippen molar-refractivity contribution in [2.75, 3.05) is 17.2 Å². The monoisotopic (exact) mass is 395 g/mol. The van der Waals surface area contributed by atoms with Crippen LogP contribution in [0.15, 0.2) is 5.16 Å². The number of fused-ring (bicyclic) bond motifs is 5. The Labute approximate surface area is 159 Å². The largest absolute Gasteiger partial charge is 0.387 e. The summed E-state index contributed by atoms with van der Waals surface area (Å²) < 4.78 is 14.8. The van der Waals surface area contributed by atoms with Crippen molar-refractivity contribution in [3.63, 3.8) is 0 Å². The minimum Gasteiger partial charge on any atom is -0.387 e. The van der Waals surface area contributed by atoms with Crippen LogP contribution in [-0.4, -0.2) is 50.5 Å². The van der Waals surface area contributed by atoms with Gasteiger partial charge in [0.1, 0.15) is 11.3 Å². The van der Waals surface area contributed by atoms with E-state index in [1.807, 2.05) is 6.92 Å². The van der Waals surface area contributed by atoms with Gasteiger partial charge in [-0.25, -0.2) is 19.3 Å². The maximum atomic E-state index is 14.8. The molecule has 2 saturated heterocycles. The number of aliphatic hydroxyl groups excluding tert-OH is 1. The summed E-state index contributed by atoms with van der Waals surface area (Å²) in [5, 5.41) is 15.3. The fourth-order valence-electron chi connectivity index (χ4n) is 4.54. The molecule has 138 valence electrons. The third-order valence-electron chi connectivity index (χ3n) is 5.62. The lowest BCUT2D eigenvalue weighted by molar-refractivity contribution is 0.145. The molecule has 3 aliphatic heterocycles. The second kappa shape index (κ2) is 6.15. The van der Waals surface area contributed by atoms with Gasteiger partial charge < -0.3 is 15.3 Å². The molecule has 0 aliphatic carbocycles. The summed E-state index contributed by atoms with van der Waals surface area (Å²) >= 11 is 7.49. The standard InChI is InChI=1S/C17H19ClFN5OS/c1-2-26-17-22-14-11-13(21-15(18)12(14)19)10(25)5-9-8-4-3-7(20-8)6-24(9)16(11)23-17/h7-10,20,25H,2-6H2,1H3/t7-,8+,9-,10-/m1/s1. The van der Waals surface area contributed by atoms with E-state index in [0.29, 0.717) is 40.6 Å². The van der Waals surface area contributed by atoms with Crippen LogP contribution in [0.5, 0.6) is 0 Å². The van der Waals surface area contributed by atoms with Crippen molar-refractivity contribution < 1.29 is 9.50 Å². The van der Waals surface area contributed by atoms with Crippen LogP contribution in [0.1, 0.15) is 38.0 Å². The second-order valence-corrected chi connectivity index (χ2v) is 8.70. The zero-order valence-corrected chi connectivity index (χ0v) is 15.8. The van der Waals surface area contributed by atoms with E-state index in [0.717, 1.165) is 25.1 Å². The highest BCUT2D eigenvalue weighted by molar-refractivity contribution is 7.99. The van der Waals surface area contributed by atoms with E-state index in [9.17, 15) is 9.50 Å². The highest BCUT2D eigenvalue weighted by Gasteiger charge is 2.45. The summed E-state index contributed by atoms with van der Waals surface area (Å²) in [5.74, 6) is 0.830. The molecule has 0 radical (unpaired) electrons. The molecule has 0 saturated carbocycles. The number of hydrogen-bond acceptors (Lipinski definition) is 7. The first-order valence-corrected chi connectivity index (χ1v) is 10.3.